The van der Waals surface area contributed by atoms with E-state index >= 15 is 0 Å². The molecule has 0 heterocycles. The Balaban J connectivity index is 2.44. The van der Waals surface area contributed by atoms with E-state index in [4.69, 9.17) is 18.9 Å². The third-order valence-electron chi connectivity index (χ3n) is 2.85. The van der Waals surface area contributed by atoms with Gasteiger partial charge in [0.2, 0.25) is 0 Å². The first-order valence-electron chi connectivity index (χ1n) is 7.79. The predicted molar refractivity (Wildman–Crippen MR) is 93.8 cm³/mol. The van der Waals surface area contributed by atoms with Gasteiger partial charge in [-0.3, -0.25) is 0 Å². The van der Waals surface area contributed by atoms with E-state index in [0.29, 0.717) is 17.1 Å². The molecule has 0 unspecified atom stereocenters. The van der Waals surface area contributed by atoms with Crippen LogP contribution in [0.25, 0.3) is 6.08 Å². The number of carbonyl (C=O) groups is 2. The molecule has 1 amide bonds. The van der Waals surface area contributed by atoms with Gasteiger partial charge in [-0.1, -0.05) is 0 Å². The zero-order chi connectivity index (χ0) is 18.9. The number of hydrogen-bond donors (Lipinski definition) is 1. The molecule has 0 saturated carbocycles. The van der Waals surface area contributed by atoms with E-state index in [1.807, 2.05) is 0 Å². The molecule has 0 fully saturated rings. The lowest BCUT2D eigenvalue weighted by molar-refractivity contribution is -0.137. The Morgan fingerprint density at radius 2 is 1.88 bits per heavy atom. The van der Waals surface area contributed by atoms with Crippen molar-refractivity contribution in [1.29, 1.82) is 0 Å². The van der Waals surface area contributed by atoms with Crippen molar-refractivity contribution < 1.29 is 28.5 Å². The molecule has 0 aromatic heterocycles. The van der Waals surface area contributed by atoms with Gasteiger partial charge in [0.25, 0.3) is 0 Å². The van der Waals surface area contributed by atoms with Gasteiger partial charge in [-0.05, 0) is 45.0 Å². The Labute approximate surface area is 147 Å². The molecule has 25 heavy (non-hydrogen) atoms. The van der Waals surface area contributed by atoms with Crippen LogP contribution in [0.1, 0.15) is 26.3 Å². The molecular formula is C18H25NO6. The van der Waals surface area contributed by atoms with Gasteiger partial charge in [0.05, 0.1) is 20.8 Å². The van der Waals surface area contributed by atoms with Crippen LogP contribution < -0.4 is 14.8 Å². The molecule has 0 spiro atoms. The Kier molecular flexibility index (Phi) is 7.78. The summed E-state index contributed by atoms with van der Waals surface area (Å²) in [5, 5.41) is 2.50. The molecule has 0 atom stereocenters. The number of rotatable bonds is 7. The number of carbonyl (C=O) groups excluding carboxylic acids is 2. The molecule has 0 bridgehead atoms. The highest BCUT2D eigenvalue weighted by atomic mass is 16.6. The lowest BCUT2D eigenvalue weighted by atomic mass is 10.1. The summed E-state index contributed by atoms with van der Waals surface area (Å²) in [5.74, 6) is 0.725. The average Bonchev–Trinajstić information content (AvgIpc) is 2.55. The Bertz CT molecular complexity index is 618. The molecule has 1 aromatic carbocycles. The SMILES string of the molecule is COc1ccc(OC)c(/C=C/C(=O)OCCNC(=O)OC(C)(C)C)c1. The lowest BCUT2D eigenvalue weighted by Crippen LogP contribution is -2.34. The fraction of sp³-hybridized carbons (Fsp3) is 0.444. The smallest absolute Gasteiger partial charge is 0.407 e. The molecule has 138 valence electrons. The van der Waals surface area contributed by atoms with E-state index in [1.54, 1.807) is 59.3 Å². The fourth-order valence-corrected chi connectivity index (χ4v) is 1.79. The molecule has 7 heteroatoms. The second kappa shape index (κ2) is 9.56. The van der Waals surface area contributed by atoms with Crippen LogP contribution in [0.5, 0.6) is 11.5 Å². The monoisotopic (exact) mass is 351 g/mol. The molecule has 0 aliphatic rings. The summed E-state index contributed by atoms with van der Waals surface area (Å²) in [6.07, 6.45) is 2.30. The second-order valence-corrected chi connectivity index (χ2v) is 6.04. The molecule has 0 aliphatic carbocycles. The highest BCUT2D eigenvalue weighted by Gasteiger charge is 2.15. The summed E-state index contributed by atoms with van der Waals surface area (Å²) in [5.41, 5.74) is 0.116. The van der Waals surface area contributed by atoms with Gasteiger partial charge >= 0.3 is 12.1 Å². The maximum Gasteiger partial charge on any atom is 0.407 e. The van der Waals surface area contributed by atoms with Gasteiger partial charge in [0, 0.05) is 11.6 Å². The van der Waals surface area contributed by atoms with Crippen molar-refractivity contribution in [2.45, 2.75) is 26.4 Å². The van der Waals surface area contributed by atoms with Gasteiger partial charge in [-0.15, -0.1) is 0 Å². The summed E-state index contributed by atoms with van der Waals surface area (Å²) >= 11 is 0. The number of methoxy groups -OCH3 is 2. The van der Waals surface area contributed by atoms with Crippen molar-refractivity contribution in [3.05, 3.63) is 29.8 Å². The summed E-state index contributed by atoms with van der Waals surface area (Å²) in [6.45, 7) is 5.51. The number of alkyl carbamates (subject to hydrolysis) is 1. The van der Waals surface area contributed by atoms with Crippen LogP contribution in [0.3, 0.4) is 0 Å². The molecule has 1 rings (SSSR count). The number of hydrogen-bond acceptors (Lipinski definition) is 6. The Hall–Kier alpha value is -2.70. The Morgan fingerprint density at radius 1 is 1.16 bits per heavy atom. The van der Waals surface area contributed by atoms with E-state index in [0.717, 1.165) is 0 Å². The summed E-state index contributed by atoms with van der Waals surface area (Å²) in [6, 6.07) is 5.25. The first-order chi connectivity index (χ1) is 11.7. The molecule has 1 N–H and O–H groups in total. The molecule has 7 nitrogen and oxygen atoms in total. The molecule has 0 radical (unpaired) electrons. The lowest BCUT2D eigenvalue weighted by Gasteiger charge is -2.19. The maximum atomic E-state index is 11.7. The van der Waals surface area contributed by atoms with Crippen LogP contribution in [-0.2, 0) is 14.3 Å². The fourth-order valence-electron chi connectivity index (χ4n) is 1.79. The van der Waals surface area contributed by atoms with Crippen LogP contribution >= 0.6 is 0 Å². The summed E-state index contributed by atoms with van der Waals surface area (Å²) in [7, 11) is 3.10. The number of amides is 1. The number of nitrogens with one attached hydrogen (secondary N) is 1. The van der Waals surface area contributed by atoms with Crippen LogP contribution in [0.4, 0.5) is 4.79 Å². The van der Waals surface area contributed by atoms with E-state index in [-0.39, 0.29) is 13.2 Å². The van der Waals surface area contributed by atoms with Crippen LogP contribution in [0, 0.1) is 0 Å². The van der Waals surface area contributed by atoms with Crippen LogP contribution in [0.15, 0.2) is 24.3 Å². The van der Waals surface area contributed by atoms with Crippen molar-refractivity contribution >= 4 is 18.1 Å². The van der Waals surface area contributed by atoms with Gasteiger partial charge < -0.3 is 24.3 Å². The number of benzene rings is 1. The highest BCUT2D eigenvalue weighted by molar-refractivity contribution is 5.87. The third-order valence-corrected chi connectivity index (χ3v) is 2.85. The van der Waals surface area contributed by atoms with Crippen molar-refractivity contribution in [2.75, 3.05) is 27.4 Å². The minimum absolute atomic E-state index is 0.0393. The number of esters is 1. The summed E-state index contributed by atoms with van der Waals surface area (Å²) in [4.78, 5) is 23.2. The average molecular weight is 351 g/mol. The van der Waals surface area contributed by atoms with Crippen molar-refractivity contribution in [1.82, 2.24) is 5.32 Å². The van der Waals surface area contributed by atoms with E-state index in [1.165, 1.54) is 6.08 Å². The van der Waals surface area contributed by atoms with Gasteiger partial charge in [0.1, 0.15) is 23.7 Å². The van der Waals surface area contributed by atoms with Gasteiger partial charge in [-0.25, -0.2) is 9.59 Å². The molecule has 0 saturated heterocycles. The largest absolute Gasteiger partial charge is 0.497 e. The van der Waals surface area contributed by atoms with Gasteiger partial charge in [-0.2, -0.15) is 0 Å². The van der Waals surface area contributed by atoms with Crippen molar-refractivity contribution in [2.24, 2.45) is 0 Å². The summed E-state index contributed by atoms with van der Waals surface area (Å²) < 4.78 is 20.4. The standard InChI is InChI=1S/C18H25NO6/c1-18(2,3)25-17(21)19-10-11-24-16(20)9-6-13-12-14(22-4)7-8-15(13)23-5/h6-9,12H,10-11H2,1-5H3,(H,19,21)/b9-6+. The maximum absolute atomic E-state index is 11.7. The van der Waals surface area contributed by atoms with Crippen molar-refractivity contribution in [3.8, 4) is 11.5 Å². The molecule has 1 aromatic rings. The van der Waals surface area contributed by atoms with E-state index in [2.05, 4.69) is 5.32 Å². The number of ether oxygens (including phenoxy) is 4. The Morgan fingerprint density at radius 3 is 2.48 bits per heavy atom. The minimum Gasteiger partial charge on any atom is -0.497 e. The topological polar surface area (TPSA) is 83.1 Å². The zero-order valence-corrected chi connectivity index (χ0v) is 15.3. The van der Waals surface area contributed by atoms with Gasteiger partial charge in [0.15, 0.2) is 0 Å². The third kappa shape index (κ3) is 8.10. The zero-order valence-electron chi connectivity index (χ0n) is 15.3. The minimum atomic E-state index is -0.570. The quantitative estimate of drug-likeness (QED) is 0.462. The van der Waals surface area contributed by atoms with E-state index < -0.39 is 17.7 Å². The highest BCUT2D eigenvalue weighted by Crippen LogP contribution is 2.25. The second-order valence-electron chi connectivity index (χ2n) is 6.04. The first kappa shape index (κ1) is 20.3. The molecule has 0 aliphatic heterocycles. The van der Waals surface area contributed by atoms with Crippen LogP contribution in [0.2, 0.25) is 0 Å². The predicted octanol–water partition coefficient (Wildman–Crippen LogP) is 2.78. The van der Waals surface area contributed by atoms with E-state index in [9.17, 15) is 9.59 Å². The van der Waals surface area contributed by atoms with Crippen LogP contribution in [-0.4, -0.2) is 45.0 Å². The normalized spacial score (nSPS) is 11.1. The first-order valence-corrected chi connectivity index (χ1v) is 7.79. The molecular weight excluding hydrogens is 326 g/mol. The van der Waals surface area contributed by atoms with Crippen molar-refractivity contribution in [3.63, 3.8) is 0 Å².